The van der Waals surface area contributed by atoms with Gasteiger partial charge in [-0.2, -0.15) is 0 Å². The highest BCUT2D eigenvalue weighted by atomic mass is 35.5. The van der Waals surface area contributed by atoms with Crippen LogP contribution in [0.2, 0.25) is 5.02 Å². The fourth-order valence-corrected chi connectivity index (χ4v) is 5.33. The molecule has 2 aromatic rings. The molecule has 4 rings (SSSR count). The average molecular weight is 499 g/mol. The molecule has 35 heavy (non-hydrogen) atoms. The highest BCUT2D eigenvalue weighted by Crippen LogP contribution is 2.53. The van der Waals surface area contributed by atoms with Crippen LogP contribution in [0.1, 0.15) is 42.6 Å². The van der Waals surface area contributed by atoms with Gasteiger partial charge in [-0.25, -0.2) is 0 Å². The number of carbonyl (C=O) groups excluding carboxylic acids is 4. The third-order valence-electron chi connectivity index (χ3n) is 6.73. The molecule has 3 atom stereocenters. The van der Waals surface area contributed by atoms with Gasteiger partial charge < -0.3 is 19.3 Å². The number of nitrogens with zero attached hydrogens (tertiary/aromatic N) is 2. The Kier molecular flexibility index (Phi) is 6.85. The maximum absolute atomic E-state index is 14.1. The molecule has 1 saturated heterocycles. The number of likely N-dealkylation sites (tertiary alicyclic amines) is 1. The van der Waals surface area contributed by atoms with E-state index in [1.54, 1.807) is 50.2 Å². The van der Waals surface area contributed by atoms with Crippen molar-refractivity contribution in [3.63, 3.8) is 0 Å². The van der Waals surface area contributed by atoms with Gasteiger partial charge in [0.1, 0.15) is 12.1 Å². The number of ether oxygens (including phenoxy) is 2. The molecular formula is C26H27ClN2O6. The SMILES string of the molecule is CCOC(=O)[C@H]1CN(C(=O)c2ccc(Cl)cc2)[C@]2(C)C(=O)N(CCOC(C)=O)c3ccccc3[C@H]12. The van der Waals surface area contributed by atoms with Crippen LogP contribution in [0.3, 0.4) is 0 Å². The second kappa shape index (κ2) is 9.70. The summed E-state index contributed by atoms with van der Waals surface area (Å²) in [5, 5.41) is 0.482. The topological polar surface area (TPSA) is 93.2 Å². The van der Waals surface area contributed by atoms with Gasteiger partial charge in [-0.15, -0.1) is 0 Å². The summed E-state index contributed by atoms with van der Waals surface area (Å²) in [6.45, 7) is 5.05. The first-order valence-electron chi connectivity index (χ1n) is 11.5. The van der Waals surface area contributed by atoms with Gasteiger partial charge in [0.25, 0.3) is 11.8 Å². The predicted octanol–water partition coefficient (Wildman–Crippen LogP) is 3.43. The van der Waals surface area contributed by atoms with Crippen molar-refractivity contribution in [3.8, 4) is 0 Å². The predicted molar refractivity (Wildman–Crippen MR) is 129 cm³/mol. The number of fused-ring (bicyclic) bond motifs is 3. The Morgan fingerprint density at radius 2 is 1.77 bits per heavy atom. The van der Waals surface area contributed by atoms with E-state index >= 15 is 0 Å². The highest BCUT2D eigenvalue weighted by molar-refractivity contribution is 6.30. The van der Waals surface area contributed by atoms with Crippen molar-refractivity contribution in [1.82, 2.24) is 4.90 Å². The second-order valence-electron chi connectivity index (χ2n) is 8.76. The number of halogens is 1. The lowest BCUT2D eigenvalue weighted by atomic mass is 9.72. The Labute approximate surface area is 208 Å². The molecule has 184 valence electrons. The Morgan fingerprint density at radius 1 is 1.09 bits per heavy atom. The first-order chi connectivity index (χ1) is 16.7. The van der Waals surface area contributed by atoms with Crippen molar-refractivity contribution in [1.29, 1.82) is 0 Å². The monoisotopic (exact) mass is 498 g/mol. The van der Waals surface area contributed by atoms with Crippen LogP contribution in [0, 0.1) is 5.92 Å². The van der Waals surface area contributed by atoms with Crippen LogP contribution in [0.15, 0.2) is 48.5 Å². The summed E-state index contributed by atoms with van der Waals surface area (Å²) in [7, 11) is 0. The number of amides is 2. The molecule has 2 amide bonds. The summed E-state index contributed by atoms with van der Waals surface area (Å²) in [5.74, 6) is -2.96. The van der Waals surface area contributed by atoms with Crippen molar-refractivity contribution in [3.05, 3.63) is 64.7 Å². The van der Waals surface area contributed by atoms with E-state index < -0.39 is 29.3 Å². The normalized spacial score (nSPS) is 22.9. The minimum Gasteiger partial charge on any atom is -0.466 e. The van der Waals surface area contributed by atoms with Crippen LogP contribution in [-0.4, -0.2) is 60.5 Å². The molecule has 0 saturated carbocycles. The largest absolute Gasteiger partial charge is 0.466 e. The maximum atomic E-state index is 14.1. The molecule has 2 aliphatic heterocycles. The van der Waals surface area contributed by atoms with Crippen LogP contribution in [-0.2, 0) is 23.9 Å². The van der Waals surface area contributed by atoms with Crippen LogP contribution in [0.5, 0.6) is 0 Å². The molecule has 0 bridgehead atoms. The lowest BCUT2D eigenvalue weighted by Gasteiger charge is -2.46. The maximum Gasteiger partial charge on any atom is 0.311 e. The Hall–Kier alpha value is -3.39. The summed E-state index contributed by atoms with van der Waals surface area (Å²) in [5.41, 5.74) is 0.389. The summed E-state index contributed by atoms with van der Waals surface area (Å²) in [4.78, 5) is 55.2. The third kappa shape index (κ3) is 4.27. The van der Waals surface area contributed by atoms with E-state index in [1.165, 1.54) is 16.7 Å². The Balaban J connectivity index is 1.82. The van der Waals surface area contributed by atoms with Crippen molar-refractivity contribution < 1.29 is 28.7 Å². The summed E-state index contributed by atoms with van der Waals surface area (Å²) in [6, 6.07) is 13.7. The number of carbonyl (C=O) groups is 4. The molecule has 2 aliphatic rings. The number of esters is 2. The standard InChI is InChI=1S/C26H27ClN2O6/c1-4-34-24(32)20-15-29(23(31)17-9-11-18(27)12-10-17)26(3)22(20)19-7-5-6-8-21(19)28(25(26)33)13-14-35-16(2)30/h5-12,20,22H,4,13-15H2,1-3H3/t20-,22+,26-/m0/s1. The van der Waals surface area contributed by atoms with E-state index in [4.69, 9.17) is 21.1 Å². The molecule has 0 radical (unpaired) electrons. The number of hydrogen-bond acceptors (Lipinski definition) is 6. The first-order valence-corrected chi connectivity index (χ1v) is 11.9. The number of hydrogen-bond donors (Lipinski definition) is 0. The molecule has 1 fully saturated rings. The van der Waals surface area contributed by atoms with Crippen LogP contribution < -0.4 is 4.90 Å². The zero-order valence-electron chi connectivity index (χ0n) is 19.8. The summed E-state index contributed by atoms with van der Waals surface area (Å²) < 4.78 is 10.5. The zero-order valence-corrected chi connectivity index (χ0v) is 20.6. The van der Waals surface area contributed by atoms with E-state index in [1.807, 2.05) is 12.1 Å². The van der Waals surface area contributed by atoms with Gasteiger partial charge in [0, 0.05) is 35.7 Å². The summed E-state index contributed by atoms with van der Waals surface area (Å²) in [6.07, 6.45) is 0. The fraction of sp³-hybridized carbons (Fsp3) is 0.385. The van der Waals surface area contributed by atoms with E-state index in [0.29, 0.717) is 16.3 Å². The van der Waals surface area contributed by atoms with Gasteiger partial charge >= 0.3 is 11.9 Å². The second-order valence-corrected chi connectivity index (χ2v) is 9.20. The Bertz CT molecular complexity index is 1170. The van der Waals surface area contributed by atoms with E-state index in [-0.39, 0.29) is 38.1 Å². The average Bonchev–Trinajstić information content (AvgIpc) is 3.16. The molecule has 0 N–H and O–H groups in total. The number of benzene rings is 2. The minimum atomic E-state index is -1.36. The van der Waals surface area contributed by atoms with Crippen molar-refractivity contribution in [2.75, 3.05) is 31.2 Å². The van der Waals surface area contributed by atoms with E-state index in [2.05, 4.69) is 0 Å². The van der Waals surface area contributed by atoms with Gasteiger partial charge in [-0.1, -0.05) is 29.8 Å². The first kappa shape index (κ1) is 24.7. The fourth-order valence-electron chi connectivity index (χ4n) is 5.20. The van der Waals surface area contributed by atoms with Crippen LogP contribution in [0.4, 0.5) is 5.69 Å². The molecule has 2 heterocycles. The van der Waals surface area contributed by atoms with Gasteiger partial charge in [0.15, 0.2) is 0 Å². The Morgan fingerprint density at radius 3 is 2.43 bits per heavy atom. The number of para-hydroxylation sites is 1. The van der Waals surface area contributed by atoms with Gasteiger partial charge in [0.05, 0.1) is 19.1 Å². The highest BCUT2D eigenvalue weighted by Gasteiger charge is 2.63. The lowest BCUT2D eigenvalue weighted by molar-refractivity contribution is -0.148. The van der Waals surface area contributed by atoms with Gasteiger partial charge in [0.2, 0.25) is 0 Å². The van der Waals surface area contributed by atoms with Crippen molar-refractivity contribution >= 4 is 41.0 Å². The smallest absolute Gasteiger partial charge is 0.311 e. The molecule has 9 heteroatoms. The van der Waals surface area contributed by atoms with Crippen molar-refractivity contribution in [2.45, 2.75) is 32.2 Å². The quantitative estimate of drug-likeness (QED) is 0.566. The van der Waals surface area contributed by atoms with Crippen LogP contribution >= 0.6 is 11.6 Å². The van der Waals surface area contributed by atoms with E-state index in [9.17, 15) is 19.2 Å². The number of rotatable bonds is 6. The molecule has 2 aromatic carbocycles. The zero-order chi connectivity index (χ0) is 25.3. The van der Waals surface area contributed by atoms with Gasteiger partial charge in [-0.05, 0) is 49.7 Å². The molecule has 0 aromatic heterocycles. The summed E-state index contributed by atoms with van der Waals surface area (Å²) >= 11 is 6.00. The van der Waals surface area contributed by atoms with Gasteiger partial charge in [-0.3, -0.25) is 19.2 Å². The molecule has 0 aliphatic carbocycles. The van der Waals surface area contributed by atoms with E-state index in [0.717, 1.165) is 5.56 Å². The minimum absolute atomic E-state index is 0.00257. The lowest BCUT2D eigenvalue weighted by Crippen LogP contribution is -2.62. The molecule has 0 unspecified atom stereocenters. The third-order valence-corrected chi connectivity index (χ3v) is 6.99. The molecule has 0 spiro atoms. The number of anilines is 1. The molecule has 8 nitrogen and oxygen atoms in total. The molecular weight excluding hydrogens is 472 g/mol. The van der Waals surface area contributed by atoms with Crippen molar-refractivity contribution in [2.24, 2.45) is 5.92 Å². The van der Waals surface area contributed by atoms with Crippen LogP contribution in [0.25, 0.3) is 0 Å².